The van der Waals surface area contributed by atoms with Crippen LogP contribution in [0.3, 0.4) is 0 Å². The number of aromatic nitrogens is 4. The predicted octanol–water partition coefficient (Wildman–Crippen LogP) is 1.40. The van der Waals surface area contributed by atoms with E-state index >= 15 is 0 Å². The summed E-state index contributed by atoms with van der Waals surface area (Å²) in [7, 11) is 0. The Morgan fingerprint density at radius 1 is 1.45 bits per heavy atom. The maximum atomic E-state index is 5.73. The number of fused-ring (bicyclic) bond motifs is 1. The van der Waals surface area contributed by atoms with Gasteiger partial charge in [-0.15, -0.1) is 0 Å². The predicted molar refractivity (Wildman–Crippen MR) is 78.1 cm³/mol. The molecule has 1 aliphatic rings. The first-order valence-electron chi connectivity index (χ1n) is 7.13. The van der Waals surface area contributed by atoms with Crippen LogP contribution in [0, 0.1) is 0 Å². The van der Waals surface area contributed by atoms with Crippen LogP contribution in [0.1, 0.15) is 20.3 Å². The highest BCUT2D eigenvalue weighted by Crippen LogP contribution is 2.25. The van der Waals surface area contributed by atoms with Crippen molar-refractivity contribution in [3.8, 4) is 0 Å². The zero-order chi connectivity index (χ0) is 13.9. The molecule has 0 bridgehead atoms. The first-order valence-corrected chi connectivity index (χ1v) is 7.13. The van der Waals surface area contributed by atoms with Crippen molar-refractivity contribution in [2.24, 2.45) is 0 Å². The number of hydrogen-bond acceptors (Lipinski definition) is 6. The summed E-state index contributed by atoms with van der Waals surface area (Å²) >= 11 is 0. The number of rotatable bonds is 4. The van der Waals surface area contributed by atoms with Crippen molar-refractivity contribution in [2.45, 2.75) is 26.4 Å². The minimum Gasteiger partial charge on any atom is -0.375 e. The van der Waals surface area contributed by atoms with Crippen LogP contribution < -0.4 is 10.2 Å². The van der Waals surface area contributed by atoms with Crippen LogP contribution in [0.2, 0.25) is 0 Å². The zero-order valence-corrected chi connectivity index (χ0v) is 11.9. The molecule has 2 N–H and O–H groups in total. The SMILES string of the molecule is CCNc1nc(N2CCOC(CC)C2)c2cn[nH]c2n1. The number of nitrogens with zero attached hydrogens (tertiary/aromatic N) is 4. The second-order valence-electron chi connectivity index (χ2n) is 4.88. The van der Waals surface area contributed by atoms with E-state index in [2.05, 4.69) is 37.3 Å². The Balaban J connectivity index is 1.98. The molecule has 2 aromatic rings. The Bertz CT molecular complexity index is 583. The molecule has 0 aromatic carbocycles. The van der Waals surface area contributed by atoms with Gasteiger partial charge in [-0.3, -0.25) is 5.10 Å². The molecule has 1 aliphatic heterocycles. The standard InChI is InChI=1S/C13H20N6O/c1-3-9-8-19(5-6-20-9)12-10-7-15-18-11(10)16-13(17-12)14-4-2/h7,9H,3-6,8H2,1-2H3,(H2,14,15,16,17,18). The van der Waals surface area contributed by atoms with E-state index in [-0.39, 0.29) is 6.10 Å². The van der Waals surface area contributed by atoms with Crippen LogP contribution in [0.25, 0.3) is 11.0 Å². The van der Waals surface area contributed by atoms with Crippen molar-refractivity contribution in [3.05, 3.63) is 6.20 Å². The van der Waals surface area contributed by atoms with Crippen molar-refractivity contribution < 1.29 is 4.74 Å². The summed E-state index contributed by atoms with van der Waals surface area (Å²) in [5, 5.41) is 11.1. The van der Waals surface area contributed by atoms with E-state index in [1.165, 1.54) is 0 Å². The van der Waals surface area contributed by atoms with Gasteiger partial charge in [0, 0.05) is 19.6 Å². The quantitative estimate of drug-likeness (QED) is 0.879. The highest BCUT2D eigenvalue weighted by Gasteiger charge is 2.23. The van der Waals surface area contributed by atoms with E-state index in [1.807, 2.05) is 6.92 Å². The third kappa shape index (κ3) is 2.40. The molecule has 0 spiro atoms. The second-order valence-corrected chi connectivity index (χ2v) is 4.88. The molecule has 1 unspecified atom stereocenters. The van der Waals surface area contributed by atoms with E-state index in [0.717, 1.165) is 49.5 Å². The van der Waals surface area contributed by atoms with Crippen molar-refractivity contribution in [1.29, 1.82) is 0 Å². The highest BCUT2D eigenvalue weighted by atomic mass is 16.5. The third-order valence-corrected chi connectivity index (χ3v) is 3.52. The molecule has 1 fully saturated rings. The van der Waals surface area contributed by atoms with E-state index in [1.54, 1.807) is 6.20 Å². The van der Waals surface area contributed by atoms with Crippen molar-refractivity contribution >= 4 is 22.8 Å². The van der Waals surface area contributed by atoms with Gasteiger partial charge in [-0.1, -0.05) is 6.92 Å². The van der Waals surface area contributed by atoms with Gasteiger partial charge < -0.3 is 15.0 Å². The number of morpholine rings is 1. The minimum atomic E-state index is 0.267. The lowest BCUT2D eigenvalue weighted by atomic mass is 10.2. The lowest BCUT2D eigenvalue weighted by Crippen LogP contribution is -2.42. The van der Waals surface area contributed by atoms with Gasteiger partial charge in [0.15, 0.2) is 5.65 Å². The molecule has 20 heavy (non-hydrogen) atoms. The summed E-state index contributed by atoms with van der Waals surface area (Å²) in [6.45, 7) is 7.41. The van der Waals surface area contributed by atoms with Crippen LogP contribution in [0.15, 0.2) is 6.20 Å². The number of nitrogens with one attached hydrogen (secondary N) is 2. The van der Waals surface area contributed by atoms with E-state index in [4.69, 9.17) is 4.74 Å². The van der Waals surface area contributed by atoms with Crippen LogP contribution in [-0.2, 0) is 4.74 Å². The van der Waals surface area contributed by atoms with Gasteiger partial charge in [0.1, 0.15) is 5.82 Å². The van der Waals surface area contributed by atoms with Gasteiger partial charge in [-0.2, -0.15) is 15.1 Å². The third-order valence-electron chi connectivity index (χ3n) is 3.52. The lowest BCUT2D eigenvalue weighted by Gasteiger charge is -2.33. The van der Waals surface area contributed by atoms with Crippen LogP contribution in [0.5, 0.6) is 0 Å². The fourth-order valence-electron chi connectivity index (χ4n) is 2.46. The topological polar surface area (TPSA) is 79.0 Å². The molecule has 3 heterocycles. The van der Waals surface area contributed by atoms with E-state index in [0.29, 0.717) is 5.95 Å². The largest absolute Gasteiger partial charge is 0.375 e. The van der Waals surface area contributed by atoms with Crippen molar-refractivity contribution in [2.75, 3.05) is 36.5 Å². The van der Waals surface area contributed by atoms with Crippen LogP contribution in [0.4, 0.5) is 11.8 Å². The second kappa shape index (κ2) is 5.62. The Hall–Kier alpha value is -1.89. The average Bonchev–Trinajstić information content (AvgIpc) is 2.95. The van der Waals surface area contributed by atoms with Crippen LogP contribution in [-0.4, -0.2) is 52.5 Å². The Labute approximate surface area is 117 Å². The van der Waals surface area contributed by atoms with E-state index in [9.17, 15) is 0 Å². The molecule has 0 radical (unpaired) electrons. The van der Waals surface area contributed by atoms with Crippen molar-refractivity contribution in [3.63, 3.8) is 0 Å². The molecule has 0 amide bonds. The molecular weight excluding hydrogens is 256 g/mol. The highest BCUT2D eigenvalue weighted by molar-refractivity contribution is 5.87. The molecular formula is C13H20N6O. The Morgan fingerprint density at radius 3 is 3.15 bits per heavy atom. The summed E-state index contributed by atoms with van der Waals surface area (Å²) in [6, 6.07) is 0. The van der Waals surface area contributed by atoms with Gasteiger partial charge in [-0.25, -0.2) is 0 Å². The lowest BCUT2D eigenvalue weighted by molar-refractivity contribution is 0.0383. The average molecular weight is 276 g/mol. The zero-order valence-electron chi connectivity index (χ0n) is 11.9. The summed E-state index contributed by atoms with van der Waals surface area (Å²) < 4.78 is 5.73. The fraction of sp³-hybridized carbons (Fsp3) is 0.615. The summed E-state index contributed by atoms with van der Waals surface area (Å²) in [4.78, 5) is 11.3. The molecule has 2 aromatic heterocycles. The number of anilines is 2. The number of H-pyrrole nitrogens is 1. The molecule has 108 valence electrons. The number of hydrogen-bond donors (Lipinski definition) is 2. The molecule has 0 aliphatic carbocycles. The summed E-state index contributed by atoms with van der Waals surface area (Å²) in [5.74, 6) is 1.57. The smallest absolute Gasteiger partial charge is 0.226 e. The van der Waals surface area contributed by atoms with Gasteiger partial charge >= 0.3 is 0 Å². The van der Waals surface area contributed by atoms with Gasteiger partial charge in [0.25, 0.3) is 0 Å². The maximum absolute atomic E-state index is 5.73. The maximum Gasteiger partial charge on any atom is 0.226 e. The molecule has 7 heteroatoms. The normalized spacial score (nSPS) is 19.5. The van der Waals surface area contributed by atoms with Gasteiger partial charge in [0.05, 0.1) is 24.3 Å². The first kappa shape index (κ1) is 13.1. The van der Waals surface area contributed by atoms with Gasteiger partial charge in [-0.05, 0) is 13.3 Å². The van der Waals surface area contributed by atoms with Gasteiger partial charge in [0.2, 0.25) is 5.95 Å². The molecule has 1 atom stereocenters. The molecule has 3 rings (SSSR count). The first-order chi connectivity index (χ1) is 9.81. The summed E-state index contributed by atoms with van der Waals surface area (Å²) in [6.07, 6.45) is 3.07. The van der Waals surface area contributed by atoms with Crippen LogP contribution >= 0.6 is 0 Å². The fourth-order valence-corrected chi connectivity index (χ4v) is 2.46. The number of aromatic amines is 1. The van der Waals surface area contributed by atoms with E-state index < -0.39 is 0 Å². The minimum absolute atomic E-state index is 0.267. The molecule has 0 saturated carbocycles. The monoisotopic (exact) mass is 276 g/mol. The summed E-state index contributed by atoms with van der Waals surface area (Å²) in [5.41, 5.74) is 0.769. The Morgan fingerprint density at radius 2 is 2.35 bits per heavy atom. The number of ether oxygens (including phenoxy) is 1. The molecule has 1 saturated heterocycles. The Kier molecular flexibility index (Phi) is 3.68. The van der Waals surface area contributed by atoms with Crippen molar-refractivity contribution in [1.82, 2.24) is 20.2 Å². The molecule has 7 nitrogen and oxygen atoms in total.